The molecule has 0 saturated carbocycles. The van der Waals surface area contributed by atoms with E-state index in [0.29, 0.717) is 48.9 Å². The molecule has 0 unspecified atom stereocenters. The van der Waals surface area contributed by atoms with Crippen molar-refractivity contribution in [3.05, 3.63) is 16.6 Å². The van der Waals surface area contributed by atoms with Gasteiger partial charge in [-0.2, -0.15) is 0 Å². The van der Waals surface area contributed by atoms with Crippen LogP contribution in [-0.2, 0) is 4.79 Å². The molecule has 0 spiro atoms. The van der Waals surface area contributed by atoms with Crippen molar-refractivity contribution < 1.29 is 14.3 Å². The second-order valence-electron chi connectivity index (χ2n) is 6.44. The molecule has 5 nitrogen and oxygen atoms in total. The number of anilines is 1. The van der Waals surface area contributed by atoms with Crippen LogP contribution in [0.25, 0.3) is 0 Å². The number of hydrogen-bond acceptors (Lipinski definition) is 4. The fourth-order valence-electron chi connectivity index (χ4n) is 2.46. The molecule has 0 bridgehead atoms. The number of ether oxygens (including phenoxy) is 2. The quantitative estimate of drug-likeness (QED) is 0.814. The summed E-state index contributed by atoms with van der Waals surface area (Å²) in [7, 11) is 0. The lowest BCUT2D eigenvalue weighted by atomic mass is 10.2. The van der Waals surface area contributed by atoms with Crippen LogP contribution in [0.1, 0.15) is 27.7 Å². The van der Waals surface area contributed by atoms with E-state index in [-0.39, 0.29) is 5.91 Å². The highest BCUT2D eigenvalue weighted by atomic mass is 79.9. The topological polar surface area (TPSA) is 50.8 Å². The molecule has 0 aromatic heterocycles. The molecule has 0 atom stereocenters. The molecule has 1 aromatic carbocycles. The number of amides is 1. The molecular formula is C17H25BrN2O3. The van der Waals surface area contributed by atoms with Crippen LogP contribution >= 0.6 is 15.9 Å². The Morgan fingerprint density at radius 2 is 1.83 bits per heavy atom. The largest absolute Gasteiger partial charge is 0.486 e. The van der Waals surface area contributed by atoms with E-state index >= 15 is 0 Å². The van der Waals surface area contributed by atoms with Crippen molar-refractivity contribution in [2.45, 2.75) is 33.7 Å². The minimum Gasteiger partial charge on any atom is -0.486 e. The number of carbonyl (C=O) groups excluding carboxylic acids is 1. The van der Waals surface area contributed by atoms with Crippen LogP contribution in [-0.4, -0.2) is 43.2 Å². The highest BCUT2D eigenvalue weighted by Crippen LogP contribution is 2.38. The summed E-state index contributed by atoms with van der Waals surface area (Å²) >= 11 is 3.48. The van der Waals surface area contributed by atoms with E-state index in [0.717, 1.165) is 11.0 Å². The number of rotatable bonds is 6. The highest BCUT2D eigenvalue weighted by Gasteiger charge is 2.19. The van der Waals surface area contributed by atoms with Crippen LogP contribution < -0.4 is 14.8 Å². The van der Waals surface area contributed by atoms with Crippen molar-refractivity contribution in [3.63, 3.8) is 0 Å². The van der Waals surface area contributed by atoms with Gasteiger partial charge in [0.1, 0.15) is 13.2 Å². The fraction of sp³-hybridized carbons (Fsp3) is 0.588. The first-order valence-corrected chi connectivity index (χ1v) is 8.79. The maximum absolute atomic E-state index is 12.4. The monoisotopic (exact) mass is 384 g/mol. The van der Waals surface area contributed by atoms with Crippen molar-refractivity contribution in [3.8, 4) is 11.5 Å². The molecule has 1 aliphatic heterocycles. The zero-order chi connectivity index (χ0) is 17.0. The highest BCUT2D eigenvalue weighted by molar-refractivity contribution is 9.10. The average Bonchev–Trinajstić information content (AvgIpc) is 2.46. The predicted octanol–water partition coefficient (Wildman–Crippen LogP) is 3.53. The zero-order valence-corrected chi connectivity index (χ0v) is 15.8. The third kappa shape index (κ3) is 5.11. The number of carbonyl (C=O) groups is 1. The molecule has 0 saturated heterocycles. The van der Waals surface area contributed by atoms with Gasteiger partial charge in [0, 0.05) is 29.2 Å². The first-order chi connectivity index (χ1) is 10.9. The summed E-state index contributed by atoms with van der Waals surface area (Å²) < 4.78 is 11.9. The number of nitrogens with one attached hydrogen (secondary N) is 1. The van der Waals surface area contributed by atoms with Crippen molar-refractivity contribution in [2.75, 3.05) is 31.6 Å². The second-order valence-corrected chi connectivity index (χ2v) is 7.30. The van der Waals surface area contributed by atoms with E-state index in [4.69, 9.17) is 9.47 Å². The van der Waals surface area contributed by atoms with Crippen LogP contribution in [0.2, 0.25) is 0 Å². The van der Waals surface area contributed by atoms with Gasteiger partial charge in [0.2, 0.25) is 5.91 Å². The van der Waals surface area contributed by atoms with Gasteiger partial charge >= 0.3 is 0 Å². The van der Waals surface area contributed by atoms with Gasteiger partial charge in [-0.25, -0.2) is 0 Å². The van der Waals surface area contributed by atoms with Gasteiger partial charge in [-0.3, -0.25) is 9.69 Å². The minimum absolute atomic E-state index is 0.0308. The summed E-state index contributed by atoms with van der Waals surface area (Å²) in [6.07, 6.45) is 0. The van der Waals surface area contributed by atoms with Gasteiger partial charge in [-0.05, 0) is 35.7 Å². The maximum atomic E-state index is 12.4. The van der Waals surface area contributed by atoms with Crippen molar-refractivity contribution >= 4 is 27.5 Å². The molecule has 1 N–H and O–H groups in total. The average molecular weight is 385 g/mol. The zero-order valence-electron chi connectivity index (χ0n) is 14.2. The van der Waals surface area contributed by atoms with Crippen LogP contribution in [0.5, 0.6) is 11.5 Å². The summed E-state index contributed by atoms with van der Waals surface area (Å²) in [5.74, 6) is 1.85. The van der Waals surface area contributed by atoms with E-state index < -0.39 is 0 Å². The Morgan fingerprint density at radius 3 is 2.39 bits per heavy atom. The Balaban J connectivity index is 2.04. The predicted molar refractivity (Wildman–Crippen MR) is 95.3 cm³/mol. The van der Waals surface area contributed by atoms with Gasteiger partial charge in [0.05, 0.1) is 12.2 Å². The van der Waals surface area contributed by atoms with E-state index in [9.17, 15) is 4.79 Å². The smallest absolute Gasteiger partial charge is 0.238 e. The maximum Gasteiger partial charge on any atom is 0.238 e. The van der Waals surface area contributed by atoms with E-state index in [1.165, 1.54) is 0 Å². The van der Waals surface area contributed by atoms with Crippen LogP contribution in [0, 0.1) is 5.92 Å². The van der Waals surface area contributed by atoms with Crippen molar-refractivity contribution in [1.29, 1.82) is 0 Å². The number of hydrogen-bond donors (Lipinski definition) is 1. The van der Waals surface area contributed by atoms with E-state index in [1.807, 2.05) is 6.07 Å². The Labute approximate surface area is 146 Å². The SMILES string of the molecule is CC(C)CN(CC(=O)Nc1cc2c(cc1Br)OCCO2)C(C)C. The van der Waals surface area contributed by atoms with Gasteiger partial charge in [0.15, 0.2) is 11.5 Å². The Morgan fingerprint density at radius 1 is 1.22 bits per heavy atom. The van der Waals surface area contributed by atoms with Gasteiger partial charge in [-0.1, -0.05) is 13.8 Å². The van der Waals surface area contributed by atoms with Crippen LogP contribution in [0.4, 0.5) is 5.69 Å². The summed E-state index contributed by atoms with van der Waals surface area (Å²) in [6.45, 7) is 10.9. The Kier molecular flexibility index (Phi) is 6.30. The Hall–Kier alpha value is -1.27. The lowest BCUT2D eigenvalue weighted by Crippen LogP contribution is -2.40. The summed E-state index contributed by atoms with van der Waals surface area (Å²) in [5, 5.41) is 2.96. The molecule has 1 amide bonds. The van der Waals surface area contributed by atoms with Crippen LogP contribution in [0.15, 0.2) is 16.6 Å². The summed E-state index contributed by atoms with van der Waals surface area (Å²) in [5.41, 5.74) is 0.701. The number of halogens is 1. The Bertz CT molecular complexity index is 561. The molecule has 2 rings (SSSR count). The summed E-state index contributed by atoms with van der Waals surface area (Å²) in [6, 6.07) is 3.96. The number of nitrogens with zero attached hydrogens (tertiary/aromatic N) is 1. The molecule has 1 aliphatic rings. The van der Waals surface area contributed by atoms with Gasteiger partial charge < -0.3 is 14.8 Å². The van der Waals surface area contributed by atoms with Gasteiger partial charge in [0.25, 0.3) is 0 Å². The molecule has 23 heavy (non-hydrogen) atoms. The molecule has 128 valence electrons. The summed E-state index contributed by atoms with van der Waals surface area (Å²) in [4.78, 5) is 14.6. The normalized spacial score (nSPS) is 13.7. The molecular weight excluding hydrogens is 360 g/mol. The third-order valence-electron chi connectivity index (χ3n) is 3.58. The van der Waals surface area contributed by atoms with Crippen molar-refractivity contribution in [1.82, 2.24) is 4.90 Å². The number of fused-ring (bicyclic) bond motifs is 1. The van der Waals surface area contributed by atoms with Gasteiger partial charge in [-0.15, -0.1) is 0 Å². The van der Waals surface area contributed by atoms with E-state index in [2.05, 4.69) is 53.8 Å². The van der Waals surface area contributed by atoms with E-state index in [1.54, 1.807) is 6.07 Å². The fourth-order valence-corrected chi connectivity index (χ4v) is 2.88. The lowest BCUT2D eigenvalue weighted by Gasteiger charge is -2.27. The molecule has 0 radical (unpaired) electrons. The lowest BCUT2D eigenvalue weighted by molar-refractivity contribution is -0.117. The molecule has 6 heteroatoms. The second kappa shape index (κ2) is 8.02. The molecule has 0 fully saturated rings. The van der Waals surface area contributed by atoms with Crippen LogP contribution in [0.3, 0.4) is 0 Å². The molecule has 1 aromatic rings. The minimum atomic E-state index is -0.0308. The molecule has 1 heterocycles. The standard InChI is InChI=1S/C17H25BrN2O3/c1-11(2)9-20(12(3)4)10-17(21)19-14-8-16-15(7-13(14)18)22-5-6-23-16/h7-8,11-12H,5-6,9-10H2,1-4H3,(H,19,21). The molecule has 0 aliphatic carbocycles. The first-order valence-electron chi connectivity index (χ1n) is 8.00. The first kappa shape index (κ1) is 18.1. The van der Waals surface area contributed by atoms with Crippen molar-refractivity contribution in [2.24, 2.45) is 5.92 Å². The number of benzene rings is 1. The third-order valence-corrected chi connectivity index (χ3v) is 4.24.